The van der Waals surface area contributed by atoms with Gasteiger partial charge in [0.1, 0.15) is 5.75 Å². The zero-order valence-electron chi connectivity index (χ0n) is 12.0. The molecule has 108 valence electrons. The minimum Gasteiger partial charge on any atom is -0.497 e. The number of rotatable bonds is 2. The normalized spacial score (nSPS) is 11.2. The van der Waals surface area contributed by atoms with E-state index < -0.39 is 0 Å². The van der Waals surface area contributed by atoms with E-state index in [9.17, 15) is 0 Å². The van der Waals surface area contributed by atoms with Gasteiger partial charge in [0.15, 0.2) is 0 Å². The van der Waals surface area contributed by atoms with Crippen molar-refractivity contribution in [2.75, 3.05) is 7.11 Å². The number of methoxy groups -OCH3 is 1. The van der Waals surface area contributed by atoms with Crippen LogP contribution in [0.15, 0.2) is 64.5 Å². The molecule has 4 rings (SSSR count). The number of hydrogen-bond acceptors (Lipinski definition) is 2. The van der Waals surface area contributed by atoms with Gasteiger partial charge in [0.2, 0.25) is 0 Å². The SMILES string of the molecule is COc1ccc(Br)c(-c2csc3ccc4ccccc4c23)c1. The molecule has 3 aromatic carbocycles. The lowest BCUT2D eigenvalue weighted by molar-refractivity contribution is 0.415. The van der Waals surface area contributed by atoms with Crippen molar-refractivity contribution in [1.29, 1.82) is 0 Å². The Hall–Kier alpha value is -1.84. The highest BCUT2D eigenvalue weighted by Crippen LogP contribution is 2.42. The first kappa shape index (κ1) is 13.8. The molecule has 22 heavy (non-hydrogen) atoms. The van der Waals surface area contributed by atoms with Crippen LogP contribution in [0.3, 0.4) is 0 Å². The van der Waals surface area contributed by atoms with Gasteiger partial charge in [-0.05, 0) is 40.4 Å². The Morgan fingerprint density at radius 3 is 2.68 bits per heavy atom. The number of hydrogen-bond donors (Lipinski definition) is 0. The fourth-order valence-corrected chi connectivity index (χ4v) is 4.28. The van der Waals surface area contributed by atoms with E-state index in [1.165, 1.54) is 32.0 Å². The second-order valence-electron chi connectivity index (χ2n) is 5.15. The quantitative estimate of drug-likeness (QED) is 0.392. The zero-order valence-corrected chi connectivity index (χ0v) is 14.4. The van der Waals surface area contributed by atoms with Crippen LogP contribution in [0, 0.1) is 0 Å². The zero-order chi connectivity index (χ0) is 15.1. The molecular weight excluding hydrogens is 356 g/mol. The van der Waals surface area contributed by atoms with Crippen LogP contribution < -0.4 is 4.74 Å². The van der Waals surface area contributed by atoms with E-state index in [2.05, 4.69) is 63.8 Å². The van der Waals surface area contributed by atoms with Gasteiger partial charge >= 0.3 is 0 Å². The Bertz CT molecular complexity index is 987. The first-order chi connectivity index (χ1) is 10.8. The van der Waals surface area contributed by atoms with Crippen molar-refractivity contribution in [3.63, 3.8) is 0 Å². The minimum absolute atomic E-state index is 0.873. The lowest BCUT2D eigenvalue weighted by atomic mass is 9.99. The van der Waals surface area contributed by atoms with Crippen LogP contribution >= 0.6 is 27.3 Å². The lowest BCUT2D eigenvalue weighted by Crippen LogP contribution is -1.85. The van der Waals surface area contributed by atoms with Gasteiger partial charge in [-0.3, -0.25) is 0 Å². The minimum atomic E-state index is 0.873. The average molecular weight is 369 g/mol. The molecule has 0 aliphatic heterocycles. The Morgan fingerprint density at radius 1 is 0.955 bits per heavy atom. The third kappa shape index (κ3) is 2.13. The van der Waals surface area contributed by atoms with Gasteiger partial charge in [-0.1, -0.05) is 46.3 Å². The smallest absolute Gasteiger partial charge is 0.119 e. The molecule has 0 aliphatic carbocycles. The Labute approximate surface area is 141 Å². The number of fused-ring (bicyclic) bond motifs is 3. The van der Waals surface area contributed by atoms with Crippen molar-refractivity contribution in [2.24, 2.45) is 0 Å². The molecule has 0 aliphatic rings. The fraction of sp³-hybridized carbons (Fsp3) is 0.0526. The van der Waals surface area contributed by atoms with E-state index in [-0.39, 0.29) is 0 Å². The summed E-state index contributed by atoms with van der Waals surface area (Å²) in [6, 6.07) is 19.1. The predicted octanol–water partition coefficient (Wildman–Crippen LogP) is 6.49. The van der Waals surface area contributed by atoms with Crippen LogP contribution in [0.4, 0.5) is 0 Å². The van der Waals surface area contributed by atoms with Gasteiger partial charge < -0.3 is 4.74 Å². The largest absolute Gasteiger partial charge is 0.497 e. The van der Waals surface area contributed by atoms with Crippen molar-refractivity contribution in [3.05, 3.63) is 64.5 Å². The van der Waals surface area contributed by atoms with Crippen LogP contribution in [-0.4, -0.2) is 7.11 Å². The van der Waals surface area contributed by atoms with E-state index in [1.54, 1.807) is 18.4 Å². The molecule has 0 N–H and O–H groups in total. The van der Waals surface area contributed by atoms with Crippen molar-refractivity contribution in [3.8, 4) is 16.9 Å². The number of ether oxygens (including phenoxy) is 1. The second kappa shape index (κ2) is 5.41. The molecule has 1 heterocycles. The third-order valence-electron chi connectivity index (χ3n) is 3.93. The van der Waals surface area contributed by atoms with Crippen molar-refractivity contribution >= 4 is 48.1 Å². The van der Waals surface area contributed by atoms with Crippen LogP contribution in [0.1, 0.15) is 0 Å². The molecule has 0 fully saturated rings. The molecule has 0 bridgehead atoms. The van der Waals surface area contributed by atoms with Crippen molar-refractivity contribution in [1.82, 2.24) is 0 Å². The van der Waals surface area contributed by atoms with Gasteiger partial charge in [-0.25, -0.2) is 0 Å². The summed E-state index contributed by atoms with van der Waals surface area (Å²) in [6.45, 7) is 0. The van der Waals surface area contributed by atoms with Gasteiger partial charge in [0.05, 0.1) is 7.11 Å². The summed E-state index contributed by atoms with van der Waals surface area (Å²) in [7, 11) is 1.70. The summed E-state index contributed by atoms with van der Waals surface area (Å²) in [5.74, 6) is 0.873. The molecule has 1 nitrogen and oxygen atoms in total. The molecule has 0 radical (unpaired) electrons. The maximum Gasteiger partial charge on any atom is 0.119 e. The molecule has 0 spiro atoms. The summed E-state index contributed by atoms with van der Waals surface area (Å²) < 4.78 is 7.78. The van der Waals surface area contributed by atoms with Gasteiger partial charge in [-0.2, -0.15) is 0 Å². The van der Waals surface area contributed by atoms with Crippen LogP contribution in [0.25, 0.3) is 32.0 Å². The lowest BCUT2D eigenvalue weighted by Gasteiger charge is -2.08. The monoisotopic (exact) mass is 368 g/mol. The summed E-state index contributed by atoms with van der Waals surface area (Å²) in [5.41, 5.74) is 2.42. The predicted molar refractivity (Wildman–Crippen MR) is 99.0 cm³/mol. The molecule has 0 amide bonds. The van der Waals surface area contributed by atoms with Crippen molar-refractivity contribution < 1.29 is 4.74 Å². The Morgan fingerprint density at radius 2 is 1.82 bits per heavy atom. The number of benzene rings is 3. The van der Waals surface area contributed by atoms with E-state index in [4.69, 9.17) is 4.74 Å². The molecule has 3 heteroatoms. The average Bonchev–Trinajstić information content (AvgIpc) is 3.00. The summed E-state index contributed by atoms with van der Waals surface area (Å²) >= 11 is 5.46. The van der Waals surface area contributed by atoms with Gasteiger partial charge in [-0.15, -0.1) is 11.3 Å². The maximum absolute atomic E-state index is 5.39. The van der Waals surface area contributed by atoms with E-state index >= 15 is 0 Å². The maximum atomic E-state index is 5.39. The van der Waals surface area contributed by atoms with Crippen molar-refractivity contribution in [2.45, 2.75) is 0 Å². The number of thiophene rings is 1. The highest BCUT2D eigenvalue weighted by atomic mass is 79.9. The van der Waals surface area contributed by atoms with Crippen LogP contribution in [0.2, 0.25) is 0 Å². The van der Waals surface area contributed by atoms with E-state index in [0.29, 0.717) is 0 Å². The first-order valence-electron chi connectivity index (χ1n) is 7.01. The number of halogens is 1. The molecule has 0 saturated heterocycles. The van der Waals surface area contributed by atoms with Crippen LogP contribution in [-0.2, 0) is 0 Å². The molecular formula is C19H13BrOS. The fourth-order valence-electron chi connectivity index (χ4n) is 2.84. The van der Waals surface area contributed by atoms with Gasteiger partial charge in [0.25, 0.3) is 0 Å². The highest BCUT2D eigenvalue weighted by molar-refractivity contribution is 9.10. The summed E-state index contributed by atoms with van der Waals surface area (Å²) in [4.78, 5) is 0. The first-order valence-corrected chi connectivity index (χ1v) is 8.68. The van der Waals surface area contributed by atoms with Gasteiger partial charge in [0, 0.05) is 25.7 Å². The Kier molecular flexibility index (Phi) is 3.40. The van der Waals surface area contributed by atoms with Crippen LogP contribution in [0.5, 0.6) is 5.75 Å². The molecule has 0 saturated carbocycles. The standard InChI is InChI=1S/C19H13BrOS/c1-21-13-7-8-17(20)15(10-13)16-11-22-18-9-6-12-4-2-3-5-14(12)19(16)18/h2-11H,1H3. The molecule has 0 unspecified atom stereocenters. The molecule has 0 atom stereocenters. The summed E-state index contributed by atoms with van der Waals surface area (Å²) in [5, 5.41) is 6.12. The highest BCUT2D eigenvalue weighted by Gasteiger charge is 2.13. The molecule has 1 aromatic heterocycles. The summed E-state index contributed by atoms with van der Waals surface area (Å²) in [6.07, 6.45) is 0. The second-order valence-corrected chi connectivity index (χ2v) is 6.92. The topological polar surface area (TPSA) is 9.23 Å². The third-order valence-corrected chi connectivity index (χ3v) is 5.57. The Balaban J connectivity index is 2.09. The molecule has 4 aromatic rings. The van der Waals surface area contributed by atoms with E-state index in [1.807, 2.05) is 12.1 Å². The van der Waals surface area contributed by atoms with E-state index in [0.717, 1.165) is 10.2 Å².